The van der Waals surface area contributed by atoms with Gasteiger partial charge >= 0.3 is 17.9 Å². The number of quaternary nitrogens is 1. The van der Waals surface area contributed by atoms with Crippen LogP contribution in [0.2, 0.25) is 0 Å². The highest BCUT2D eigenvalue weighted by Gasteiger charge is 2.25. The predicted molar refractivity (Wildman–Crippen MR) is 391 cm³/mol. The number of nitrogens with zero attached hydrogens (tertiary/aromatic N) is 1. The Morgan fingerprint density at radius 2 is 0.593 bits per heavy atom. The number of carbonyl (C=O) groups excluding carboxylic acids is 2. The Labute approximate surface area is 556 Å². The molecule has 0 rings (SSSR count). The average molecular weight is 1260 g/mol. The zero-order valence-electron chi connectivity index (χ0n) is 57.9. The van der Waals surface area contributed by atoms with Crippen molar-refractivity contribution >= 4 is 17.9 Å². The van der Waals surface area contributed by atoms with Crippen molar-refractivity contribution in [3.05, 3.63) is 207 Å². The van der Waals surface area contributed by atoms with Gasteiger partial charge in [0, 0.05) is 12.8 Å². The lowest BCUT2D eigenvalue weighted by atomic mass is 10.1. The number of hydrogen-bond donors (Lipinski definition) is 1. The first kappa shape index (κ1) is 84.9. The molecule has 1 N–H and O–H groups in total. The van der Waals surface area contributed by atoms with Crippen LogP contribution in [0.25, 0.3) is 0 Å². The van der Waals surface area contributed by atoms with Crippen LogP contribution in [0.1, 0.15) is 232 Å². The molecule has 0 aliphatic carbocycles. The molecule has 0 amide bonds. The molecular formula is C82H128NO8+. The number of carboxylic acid groups (broad SMARTS) is 1. The first-order valence-electron chi connectivity index (χ1n) is 35.2. The Morgan fingerprint density at radius 3 is 0.890 bits per heavy atom. The molecule has 9 heteroatoms. The van der Waals surface area contributed by atoms with Crippen LogP contribution in [-0.2, 0) is 33.3 Å². The van der Waals surface area contributed by atoms with Gasteiger partial charge in [-0.3, -0.25) is 9.59 Å². The molecule has 0 aliphatic heterocycles. The molecule has 0 aromatic heterocycles. The minimum absolute atomic E-state index is 0.168. The second-order valence-electron chi connectivity index (χ2n) is 23.7. The van der Waals surface area contributed by atoms with E-state index < -0.39 is 24.3 Å². The molecule has 91 heavy (non-hydrogen) atoms. The molecule has 0 saturated heterocycles. The van der Waals surface area contributed by atoms with Gasteiger partial charge in [0.1, 0.15) is 13.2 Å². The fraction of sp³-hybridized carbons (Fsp3) is 0.549. The van der Waals surface area contributed by atoms with Gasteiger partial charge in [-0.1, -0.05) is 278 Å². The van der Waals surface area contributed by atoms with Crippen molar-refractivity contribution in [2.75, 3.05) is 47.5 Å². The summed E-state index contributed by atoms with van der Waals surface area (Å²) in [6, 6.07) is 0. The highest BCUT2D eigenvalue weighted by atomic mass is 16.7. The van der Waals surface area contributed by atoms with Crippen molar-refractivity contribution in [2.45, 2.75) is 245 Å². The maximum Gasteiger partial charge on any atom is 0.361 e. The van der Waals surface area contributed by atoms with Crippen molar-refractivity contribution in [1.29, 1.82) is 0 Å². The minimum Gasteiger partial charge on any atom is -0.477 e. The zero-order valence-corrected chi connectivity index (χ0v) is 57.9. The molecule has 0 fully saturated rings. The van der Waals surface area contributed by atoms with Crippen molar-refractivity contribution in [1.82, 2.24) is 0 Å². The van der Waals surface area contributed by atoms with E-state index in [0.717, 1.165) is 161 Å². The fourth-order valence-electron chi connectivity index (χ4n) is 8.73. The Bertz CT molecular complexity index is 2250. The van der Waals surface area contributed by atoms with Crippen LogP contribution in [-0.4, -0.2) is 87.4 Å². The normalized spacial score (nSPS) is 14.0. The Kier molecular flexibility index (Phi) is 65.1. The highest BCUT2D eigenvalue weighted by molar-refractivity contribution is 5.71. The summed E-state index contributed by atoms with van der Waals surface area (Å²) in [5.41, 5.74) is 0. The van der Waals surface area contributed by atoms with Gasteiger partial charge in [-0.2, -0.15) is 0 Å². The Hall–Kier alpha value is -6.13. The summed E-state index contributed by atoms with van der Waals surface area (Å²) in [5.74, 6) is -2.08. The molecule has 0 saturated carbocycles. The van der Waals surface area contributed by atoms with Gasteiger partial charge < -0.3 is 28.5 Å². The van der Waals surface area contributed by atoms with Gasteiger partial charge in [0.25, 0.3) is 6.29 Å². The number of hydrogen-bond acceptors (Lipinski definition) is 7. The van der Waals surface area contributed by atoms with Gasteiger partial charge in [-0.25, -0.2) is 4.79 Å². The number of allylic oxidation sites excluding steroid dienone is 34. The third kappa shape index (κ3) is 71.2. The van der Waals surface area contributed by atoms with E-state index in [1.54, 1.807) is 0 Å². The SMILES string of the molecule is CC/C=C\C/C=C\C/C=C\C/C=C\C/C=C\C/C=C\C/C=C\C/C=C\C/C=C\CCCCCC(=O)OC(COC(=O)CCCCCCCCCCCC/C=C\C/C=C\C/C=C\C/C=C\C/C=C\C/C=C\C/C=C\C/C=C\CC)COC(OCC[N+](C)(C)C)C(=O)O. The molecular weight excluding hydrogens is 1130 g/mol. The quantitative estimate of drug-likeness (QED) is 0.0211. The van der Waals surface area contributed by atoms with Crippen LogP contribution in [0.5, 0.6) is 0 Å². The van der Waals surface area contributed by atoms with Crippen molar-refractivity contribution in [3.8, 4) is 0 Å². The maximum atomic E-state index is 12.9. The lowest BCUT2D eigenvalue weighted by molar-refractivity contribution is -0.870. The molecule has 0 bridgehead atoms. The number of aliphatic carboxylic acids is 1. The number of esters is 2. The van der Waals surface area contributed by atoms with Crippen molar-refractivity contribution < 1.29 is 42.9 Å². The van der Waals surface area contributed by atoms with Gasteiger partial charge in [-0.05, 0) is 148 Å². The first-order chi connectivity index (χ1) is 44.6. The molecule has 0 spiro atoms. The number of unbranched alkanes of at least 4 members (excludes halogenated alkanes) is 13. The van der Waals surface area contributed by atoms with Crippen LogP contribution in [0.4, 0.5) is 0 Å². The predicted octanol–water partition coefficient (Wildman–Crippen LogP) is 22.4. The topological polar surface area (TPSA) is 108 Å². The van der Waals surface area contributed by atoms with Gasteiger partial charge in [0.05, 0.1) is 34.4 Å². The largest absolute Gasteiger partial charge is 0.477 e. The third-order valence-corrected chi connectivity index (χ3v) is 14.0. The van der Waals surface area contributed by atoms with E-state index in [-0.39, 0.29) is 38.6 Å². The molecule has 2 atom stereocenters. The zero-order chi connectivity index (χ0) is 66.1. The van der Waals surface area contributed by atoms with E-state index in [9.17, 15) is 19.5 Å². The lowest BCUT2D eigenvalue weighted by Gasteiger charge is -2.25. The van der Waals surface area contributed by atoms with Crippen LogP contribution in [0.3, 0.4) is 0 Å². The summed E-state index contributed by atoms with van der Waals surface area (Å²) in [4.78, 5) is 37.6. The van der Waals surface area contributed by atoms with E-state index in [2.05, 4.69) is 220 Å². The summed E-state index contributed by atoms with van der Waals surface area (Å²) in [6.45, 7) is 4.57. The van der Waals surface area contributed by atoms with Gasteiger partial charge in [0.15, 0.2) is 6.10 Å². The smallest absolute Gasteiger partial charge is 0.361 e. The Balaban J connectivity index is 4.28. The molecule has 0 aromatic carbocycles. The first-order valence-corrected chi connectivity index (χ1v) is 35.2. The second-order valence-corrected chi connectivity index (χ2v) is 23.7. The van der Waals surface area contributed by atoms with E-state index in [1.165, 1.54) is 38.5 Å². The highest BCUT2D eigenvalue weighted by Crippen LogP contribution is 2.14. The standard InChI is InChI=1S/C82H127NO8/c1-6-8-10-12-14-16-18-20-22-24-26-28-30-32-34-36-38-39-40-41-43-44-46-48-50-52-54-56-58-60-62-64-66-68-70-72-79(84)89-76-78(77-90-82(81(86)87)88-75-74-83(3,4)5)91-80(85)73-71-69-67-65-63-61-59-57-55-53-51-49-47-45-42-37-35-33-31-29-27-25-23-21-19-17-15-13-11-9-7-2/h8-11,14-17,20-23,26-29,32-35,38-39,41-43,45-46,48-49,51,55,57,61,63,78,82H,6-7,12-13,18-19,24-25,30-31,36-37,40,44,47,50,52-54,56,58-60,62,64-77H2,1-5H3/p+1/b10-8-,11-9-,16-14-,17-15-,22-20-,23-21-,28-26-,29-27-,34-32-,35-33-,39-38-,43-41-,45-42-,48-46-,51-49-,57-55-,63-61-. The second kappa shape index (κ2) is 69.8. The van der Waals surface area contributed by atoms with Crippen molar-refractivity contribution in [3.63, 3.8) is 0 Å². The third-order valence-electron chi connectivity index (χ3n) is 14.0. The van der Waals surface area contributed by atoms with Gasteiger partial charge in [0.2, 0.25) is 0 Å². The summed E-state index contributed by atoms with van der Waals surface area (Å²) >= 11 is 0. The Morgan fingerprint density at radius 1 is 0.330 bits per heavy atom. The number of carbonyl (C=O) groups is 3. The lowest BCUT2D eigenvalue weighted by Crippen LogP contribution is -2.40. The molecule has 0 aliphatic rings. The summed E-state index contributed by atoms with van der Waals surface area (Å²) in [7, 11) is 5.95. The molecule has 508 valence electrons. The molecule has 9 nitrogen and oxygen atoms in total. The van der Waals surface area contributed by atoms with Crippen LogP contribution >= 0.6 is 0 Å². The average Bonchev–Trinajstić information content (AvgIpc) is 3.65. The maximum absolute atomic E-state index is 12.9. The van der Waals surface area contributed by atoms with Crippen molar-refractivity contribution in [2.24, 2.45) is 0 Å². The van der Waals surface area contributed by atoms with Crippen LogP contribution in [0.15, 0.2) is 207 Å². The fourth-order valence-corrected chi connectivity index (χ4v) is 8.73. The summed E-state index contributed by atoms with van der Waals surface area (Å²) in [5, 5.41) is 9.75. The van der Waals surface area contributed by atoms with Gasteiger partial charge in [-0.15, -0.1) is 0 Å². The minimum atomic E-state index is -1.54. The van der Waals surface area contributed by atoms with E-state index in [4.69, 9.17) is 18.9 Å². The molecule has 0 radical (unpaired) electrons. The molecule has 0 heterocycles. The van der Waals surface area contributed by atoms with E-state index in [1.807, 2.05) is 21.1 Å². The van der Waals surface area contributed by atoms with E-state index in [0.29, 0.717) is 17.4 Å². The number of rotatable bonds is 62. The number of ether oxygens (including phenoxy) is 4. The molecule has 2 unspecified atom stereocenters. The summed E-state index contributed by atoms with van der Waals surface area (Å²) < 4.78 is 22.9. The summed E-state index contributed by atoms with van der Waals surface area (Å²) in [6.07, 6.45) is 106. The monoisotopic (exact) mass is 1250 g/mol. The van der Waals surface area contributed by atoms with Crippen LogP contribution in [0, 0.1) is 0 Å². The number of carboxylic acids is 1. The number of likely N-dealkylation sites (N-methyl/N-ethyl adjacent to an activating group) is 1. The van der Waals surface area contributed by atoms with E-state index >= 15 is 0 Å². The molecule has 0 aromatic rings. The van der Waals surface area contributed by atoms with Crippen LogP contribution < -0.4 is 0 Å².